The van der Waals surface area contributed by atoms with Gasteiger partial charge in [0.1, 0.15) is 0 Å². The smallest absolute Gasteiger partial charge is 0.162 e. The van der Waals surface area contributed by atoms with Crippen molar-refractivity contribution in [2.24, 2.45) is 0 Å². The summed E-state index contributed by atoms with van der Waals surface area (Å²) in [5.74, 6) is 1.57. The van der Waals surface area contributed by atoms with Crippen molar-refractivity contribution in [1.82, 2.24) is 5.32 Å². The predicted molar refractivity (Wildman–Crippen MR) is 74.1 cm³/mol. The van der Waals surface area contributed by atoms with E-state index in [1.807, 2.05) is 33.0 Å². The van der Waals surface area contributed by atoms with Crippen LogP contribution in [0.4, 0.5) is 0 Å². The van der Waals surface area contributed by atoms with E-state index in [0.717, 1.165) is 28.9 Å². The third kappa shape index (κ3) is 4.21. The maximum Gasteiger partial charge on any atom is 0.162 e. The van der Waals surface area contributed by atoms with E-state index in [1.165, 1.54) is 5.56 Å². The Bertz CT molecular complexity index is 367. The molecular weight excluding hydrogens is 282 g/mol. The fourth-order valence-electron chi connectivity index (χ4n) is 1.53. The quantitative estimate of drug-likeness (QED) is 0.876. The van der Waals surface area contributed by atoms with Crippen molar-refractivity contribution in [3.8, 4) is 11.5 Å². The Morgan fingerprint density at radius 3 is 2.53 bits per heavy atom. The van der Waals surface area contributed by atoms with Crippen molar-refractivity contribution < 1.29 is 9.47 Å². The molecule has 0 radical (unpaired) electrons. The molecule has 0 atom stereocenters. The van der Waals surface area contributed by atoms with E-state index >= 15 is 0 Å². The molecule has 0 aliphatic carbocycles. The van der Waals surface area contributed by atoms with Gasteiger partial charge in [0.25, 0.3) is 0 Å². The number of hydrogen-bond acceptors (Lipinski definition) is 3. The van der Waals surface area contributed by atoms with Crippen LogP contribution in [0.25, 0.3) is 0 Å². The number of benzene rings is 1. The SMILES string of the molecule is CNCCc1cc(OC)c(OC(C)C)cc1Br. The number of halogens is 1. The van der Waals surface area contributed by atoms with Gasteiger partial charge in [0.05, 0.1) is 13.2 Å². The zero-order valence-corrected chi connectivity index (χ0v) is 12.4. The molecule has 0 saturated heterocycles. The van der Waals surface area contributed by atoms with E-state index in [1.54, 1.807) is 7.11 Å². The van der Waals surface area contributed by atoms with E-state index < -0.39 is 0 Å². The number of likely N-dealkylation sites (N-methyl/N-ethyl adjacent to an activating group) is 1. The summed E-state index contributed by atoms with van der Waals surface area (Å²) >= 11 is 3.57. The molecule has 1 rings (SSSR count). The summed E-state index contributed by atoms with van der Waals surface area (Å²) in [7, 11) is 3.61. The Kier molecular flexibility index (Phi) is 5.78. The van der Waals surface area contributed by atoms with E-state index in [0.29, 0.717) is 0 Å². The molecule has 1 N–H and O–H groups in total. The highest BCUT2D eigenvalue weighted by molar-refractivity contribution is 9.10. The molecule has 0 unspecified atom stereocenters. The molecule has 1 aromatic rings. The molecule has 0 bridgehead atoms. The van der Waals surface area contributed by atoms with Gasteiger partial charge in [0.2, 0.25) is 0 Å². The maximum atomic E-state index is 5.71. The summed E-state index contributed by atoms with van der Waals surface area (Å²) in [5.41, 5.74) is 1.22. The van der Waals surface area contributed by atoms with Crippen LogP contribution in [0.5, 0.6) is 11.5 Å². The fourth-order valence-corrected chi connectivity index (χ4v) is 2.05. The average molecular weight is 302 g/mol. The Hall–Kier alpha value is -0.740. The highest BCUT2D eigenvalue weighted by Gasteiger charge is 2.11. The second-order valence-corrected chi connectivity index (χ2v) is 4.97. The fraction of sp³-hybridized carbons (Fsp3) is 0.538. The first kappa shape index (κ1) is 14.3. The van der Waals surface area contributed by atoms with Crippen LogP contribution in [0, 0.1) is 0 Å². The first-order valence-electron chi connectivity index (χ1n) is 5.76. The van der Waals surface area contributed by atoms with Crippen molar-refractivity contribution in [1.29, 1.82) is 0 Å². The molecule has 96 valence electrons. The minimum atomic E-state index is 0.138. The van der Waals surface area contributed by atoms with Gasteiger partial charge in [-0.15, -0.1) is 0 Å². The van der Waals surface area contributed by atoms with Gasteiger partial charge in [-0.1, -0.05) is 15.9 Å². The van der Waals surface area contributed by atoms with Crippen LogP contribution in [0.1, 0.15) is 19.4 Å². The lowest BCUT2D eigenvalue weighted by Crippen LogP contribution is -2.11. The monoisotopic (exact) mass is 301 g/mol. The van der Waals surface area contributed by atoms with Crippen LogP contribution < -0.4 is 14.8 Å². The highest BCUT2D eigenvalue weighted by atomic mass is 79.9. The predicted octanol–water partition coefficient (Wildman–Crippen LogP) is 3.01. The Morgan fingerprint density at radius 1 is 1.29 bits per heavy atom. The van der Waals surface area contributed by atoms with E-state index in [2.05, 4.69) is 21.2 Å². The van der Waals surface area contributed by atoms with Crippen LogP contribution in [-0.2, 0) is 6.42 Å². The number of methoxy groups -OCH3 is 1. The highest BCUT2D eigenvalue weighted by Crippen LogP contribution is 2.34. The molecule has 1 aromatic carbocycles. The molecule has 0 aliphatic rings. The van der Waals surface area contributed by atoms with Gasteiger partial charge in [-0.05, 0) is 51.6 Å². The minimum Gasteiger partial charge on any atom is -0.493 e. The molecule has 0 saturated carbocycles. The maximum absolute atomic E-state index is 5.71. The third-order valence-corrected chi connectivity index (χ3v) is 3.08. The van der Waals surface area contributed by atoms with Gasteiger partial charge in [-0.2, -0.15) is 0 Å². The lowest BCUT2D eigenvalue weighted by atomic mass is 10.1. The molecule has 0 fully saturated rings. The van der Waals surface area contributed by atoms with Crippen molar-refractivity contribution in [3.63, 3.8) is 0 Å². The van der Waals surface area contributed by atoms with Gasteiger partial charge >= 0.3 is 0 Å². The molecule has 3 nitrogen and oxygen atoms in total. The summed E-state index contributed by atoms with van der Waals surface area (Å²) in [5, 5.41) is 3.13. The van der Waals surface area contributed by atoms with Gasteiger partial charge in [0, 0.05) is 4.47 Å². The van der Waals surface area contributed by atoms with Crippen LogP contribution >= 0.6 is 15.9 Å². The average Bonchev–Trinajstić information content (AvgIpc) is 2.27. The Morgan fingerprint density at radius 2 is 2.00 bits per heavy atom. The third-order valence-electron chi connectivity index (χ3n) is 2.34. The van der Waals surface area contributed by atoms with Gasteiger partial charge in [-0.3, -0.25) is 0 Å². The molecule has 0 aliphatic heterocycles. The molecule has 17 heavy (non-hydrogen) atoms. The first-order valence-corrected chi connectivity index (χ1v) is 6.55. The van der Waals surface area contributed by atoms with Gasteiger partial charge < -0.3 is 14.8 Å². The summed E-state index contributed by atoms with van der Waals surface area (Å²) in [6.07, 6.45) is 1.09. The lowest BCUT2D eigenvalue weighted by Gasteiger charge is -2.16. The number of ether oxygens (including phenoxy) is 2. The van der Waals surface area contributed by atoms with Gasteiger partial charge in [-0.25, -0.2) is 0 Å². The summed E-state index contributed by atoms with van der Waals surface area (Å²) in [6, 6.07) is 4.00. The second kappa shape index (κ2) is 6.87. The van der Waals surface area contributed by atoms with Crippen molar-refractivity contribution >= 4 is 15.9 Å². The number of hydrogen-bond donors (Lipinski definition) is 1. The normalized spacial score (nSPS) is 10.7. The van der Waals surface area contributed by atoms with Crippen molar-refractivity contribution in [3.05, 3.63) is 22.2 Å². The molecule has 4 heteroatoms. The number of rotatable bonds is 6. The van der Waals surface area contributed by atoms with E-state index in [4.69, 9.17) is 9.47 Å². The molecular formula is C13H20BrNO2. The largest absolute Gasteiger partial charge is 0.493 e. The summed E-state index contributed by atoms with van der Waals surface area (Å²) in [4.78, 5) is 0. The van der Waals surface area contributed by atoms with Crippen LogP contribution in [0.15, 0.2) is 16.6 Å². The summed E-state index contributed by atoms with van der Waals surface area (Å²) < 4.78 is 12.1. The van der Waals surface area contributed by atoms with Crippen LogP contribution in [-0.4, -0.2) is 26.8 Å². The van der Waals surface area contributed by atoms with Crippen LogP contribution in [0.3, 0.4) is 0 Å². The molecule has 0 aromatic heterocycles. The minimum absolute atomic E-state index is 0.138. The molecule has 0 amide bonds. The zero-order valence-electron chi connectivity index (χ0n) is 10.8. The van der Waals surface area contributed by atoms with Crippen LogP contribution in [0.2, 0.25) is 0 Å². The van der Waals surface area contributed by atoms with E-state index in [9.17, 15) is 0 Å². The first-order chi connectivity index (χ1) is 8.08. The van der Waals surface area contributed by atoms with Gasteiger partial charge in [0.15, 0.2) is 11.5 Å². The van der Waals surface area contributed by atoms with Crippen molar-refractivity contribution in [2.75, 3.05) is 20.7 Å². The zero-order chi connectivity index (χ0) is 12.8. The van der Waals surface area contributed by atoms with Crippen molar-refractivity contribution in [2.45, 2.75) is 26.4 Å². The Balaban J connectivity index is 2.97. The number of nitrogens with one attached hydrogen (secondary N) is 1. The topological polar surface area (TPSA) is 30.5 Å². The Labute approximate surface area is 112 Å². The summed E-state index contributed by atoms with van der Waals surface area (Å²) in [6.45, 7) is 4.94. The van der Waals surface area contributed by atoms with E-state index in [-0.39, 0.29) is 6.10 Å². The lowest BCUT2D eigenvalue weighted by molar-refractivity contribution is 0.230. The standard InChI is InChI=1S/C13H20BrNO2/c1-9(2)17-13-8-11(14)10(5-6-15-3)7-12(13)16-4/h7-9,15H,5-6H2,1-4H3. The molecule has 0 spiro atoms. The second-order valence-electron chi connectivity index (χ2n) is 4.11. The molecule has 0 heterocycles.